The smallest absolute Gasteiger partial charge is 0.123 e. The first kappa shape index (κ1) is 12.6. The number of unbranched alkanes of at least 4 members (excludes halogenated alkanes) is 2. The fourth-order valence-corrected chi connectivity index (χ4v) is 2.02. The van der Waals surface area contributed by atoms with E-state index in [2.05, 4.69) is 36.2 Å². The Balaban J connectivity index is 2.05. The topological polar surface area (TPSA) is 38.9 Å². The maximum atomic E-state index is 5.59. The second-order valence-electron chi connectivity index (χ2n) is 4.63. The molecular weight excluding hydrogens is 220 g/mol. The molecule has 0 spiro atoms. The molecule has 0 fully saturated rings. The minimum atomic E-state index is 0.565. The van der Waals surface area contributed by atoms with Gasteiger partial charge in [-0.3, -0.25) is 0 Å². The SMILES string of the molecule is CCCCCc1ccc(-c2ccc(N)nc2)cc1. The van der Waals surface area contributed by atoms with E-state index in [9.17, 15) is 0 Å². The van der Waals surface area contributed by atoms with Gasteiger partial charge in [0.05, 0.1) is 0 Å². The summed E-state index contributed by atoms with van der Waals surface area (Å²) >= 11 is 0. The predicted octanol–water partition coefficient (Wildman–Crippen LogP) is 4.06. The van der Waals surface area contributed by atoms with Gasteiger partial charge in [0.15, 0.2) is 0 Å². The molecule has 2 heteroatoms. The molecule has 2 rings (SSSR count). The summed E-state index contributed by atoms with van der Waals surface area (Å²) < 4.78 is 0. The van der Waals surface area contributed by atoms with Crippen LogP contribution in [0.15, 0.2) is 42.6 Å². The lowest BCUT2D eigenvalue weighted by Gasteiger charge is -2.04. The maximum Gasteiger partial charge on any atom is 0.123 e. The average molecular weight is 240 g/mol. The first-order valence-electron chi connectivity index (χ1n) is 6.60. The maximum absolute atomic E-state index is 5.59. The number of nitrogens with zero attached hydrogens (tertiary/aromatic N) is 1. The molecule has 0 aliphatic heterocycles. The number of aromatic nitrogens is 1. The molecule has 18 heavy (non-hydrogen) atoms. The van der Waals surface area contributed by atoms with Gasteiger partial charge in [0.1, 0.15) is 5.82 Å². The fourth-order valence-electron chi connectivity index (χ4n) is 2.02. The highest BCUT2D eigenvalue weighted by Gasteiger charge is 1.99. The molecule has 0 aliphatic carbocycles. The van der Waals surface area contributed by atoms with Crippen molar-refractivity contribution in [2.24, 2.45) is 0 Å². The zero-order valence-electron chi connectivity index (χ0n) is 10.9. The zero-order valence-corrected chi connectivity index (χ0v) is 10.9. The molecule has 0 amide bonds. The molecule has 0 unspecified atom stereocenters. The Morgan fingerprint density at radius 3 is 2.28 bits per heavy atom. The molecule has 0 atom stereocenters. The third-order valence-corrected chi connectivity index (χ3v) is 3.14. The molecule has 1 heterocycles. The summed E-state index contributed by atoms with van der Waals surface area (Å²) in [6.45, 7) is 2.23. The van der Waals surface area contributed by atoms with Gasteiger partial charge in [0, 0.05) is 11.8 Å². The zero-order chi connectivity index (χ0) is 12.8. The van der Waals surface area contributed by atoms with Gasteiger partial charge >= 0.3 is 0 Å². The van der Waals surface area contributed by atoms with Gasteiger partial charge in [-0.05, 0) is 36.1 Å². The van der Waals surface area contributed by atoms with Gasteiger partial charge in [-0.2, -0.15) is 0 Å². The number of benzene rings is 1. The molecule has 1 aromatic carbocycles. The molecule has 94 valence electrons. The molecule has 0 saturated carbocycles. The Kier molecular flexibility index (Phi) is 4.35. The van der Waals surface area contributed by atoms with Crippen molar-refractivity contribution in [3.8, 4) is 11.1 Å². The Labute approximate surface area is 109 Å². The van der Waals surface area contributed by atoms with Crippen molar-refractivity contribution < 1.29 is 0 Å². The van der Waals surface area contributed by atoms with Crippen LogP contribution in [0.4, 0.5) is 5.82 Å². The van der Waals surface area contributed by atoms with Gasteiger partial charge in [0.25, 0.3) is 0 Å². The predicted molar refractivity (Wildman–Crippen MR) is 77.3 cm³/mol. The highest BCUT2D eigenvalue weighted by molar-refractivity contribution is 5.63. The quantitative estimate of drug-likeness (QED) is 0.800. The second kappa shape index (κ2) is 6.20. The van der Waals surface area contributed by atoms with Gasteiger partial charge in [-0.1, -0.05) is 44.0 Å². The van der Waals surface area contributed by atoms with E-state index in [1.165, 1.54) is 36.8 Å². The molecule has 0 bridgehead atoms. The van der Waals surface area contributed by atoms with Crippen LogP contribution in [0.2, 0.25) is 0 Å². The van der Waals surface area contributed by atoms with E-state index in [1.807, 2.05) is 18.3 Å². The number of aryl methyl sites for hydroxylation is 1. The lowest BCUT2D eigenvalue weighted by atomic mass is 10.0. The molecule has 0 radical (unpaired) electrons. The van der Waals surface area contributed by atoms with Crippen molar-refractivity contribution in [3.05, 3.63) is 48.2 Å². The lowest BCUT2D eigenvalue weighted by molar-refractivity contribution is 0.717. The summed E-state index contributed by atoms with van der Waals surface area (Å²) in [5.41, 5.74) is 9.31. The monoisotopic (exact) mass is 240 g/mol. The first-order valence-corrected chi connectivity index (χ1v) is 6.60. The van der Waals surface area contributed by atoms with Gasteiger partial charge in [0.2, 0.25) is 0 Å². The minimum Gasteiger partial charge on any atom is -0.384 e. The van der Waals surface area contributed by atoms with E-state index in [-0.39, 0.29) is 0 Å². The number of anilines is 1. The number of nitrogen functional groups attached to an aromatic ring is 1. The van der Waals surface area contributed by atoms with Crippen LogP contribution in [0.1, 0.15) is 31.7 Å². The summed E-state index contributed by atoms with van der Waals surface area (Å²) in [4.78, 5) is 4.12. The van der Waals surface area contributed by atoms with Crippen LogP contribution >= 0.6 is 0 Å². The summed E-state index contributed by atoms with van der Waals surface area (Å²) in [5, 5.41) is 0. The van der Waals surface area contributed by atoms with Gasteiger partial charge in [-0.25, -0.2) is 4.98 Å². The molecule has 2 nitrogen and oxygen atoms in total. The summed E-state index contributed by atoms with van der Waals surface area (Å²) in [5.74, 6) is 0.565. The van der Waals surface area contributed by atoms with Crippen molar-refractivity contribution in [1.82, 2.24) is 4.98 Å². The Morgan fingerprint density at radius 1 is 0.944 bits per heavy atom. The van der Waals surface area contributed by atoms with Crippen LogP contribution in [0.25, 0.3) is 11.1 Å². The van der Waals surface area contributed by atoms with Crippen molar-refractivity contribution in [2.75, 3.05) is 5.73 Å². The van der Waals surface area contributed by atoms with Crippen LogP contribution in [0.5, 0.6) is 0 Å². The highest BCUT2D eigenvalue weighted by atomic mass is 14.8. The number of nitrogens with two attached hydrogens (primary N) is 1. The summed E-state index contributed by atoms with van der Waals surface area (Å²) in [6, 6.07) is 12.6. The average Bonchev–Trinajstić information content (AvgIpc) is 2.41. The molecule has 0 aliphatic rings. The molecule has 1 aromatic heterocycles. The Bertz CT molecular complexity index is 471. The second-order valence-corrected chi connectivity index (χ2v) is 4.63. The van der Waals surface area contributed by atoms with Crippen LogP contribution in [-0.4, -0.2) is 4.98 Å². The lowest BCUT2D eigenvalue weighted by Crippen LogP contribution is -1.89. The fraction of sp³-hybridized carbons (Fsp3) is 0.312. The van der Waals surface area contributed by atoms with E-state index in [0.717, 1.165) is 5.56 Å². The molecule has 2 aromatic rings. The van der Waals surface area contributed by atoms with Crippen molar-refractivity contribution in [1.29, 1.82) is 0 Å². The normalized spacial score (nSPS) is 10.5. The van der Waals surface area contributed by atoms with E-state index in [1.54, 1.807) is 0 Å². The van der Waals surface area contributed by atoms with Crippen molar-refractivity contribution in [3.63, 3.8) is 0 Å². The first-order chi connectivity index (χ1) is 8.79. The standard InChI is InChI=1S/C16H20N2/c1-2-3-4-5-13-6-8-14(9-7-13)15-10-11-16(17)18-12-15/h6-12H,2-5H2,1H3,(H2,17,18). The Hall–Kier alpha value is -1.83. The van der Waals surface area contributed by atoms with E-state index in [0.29, 0.717) is 5.82 Å². The number of hydrogen-bond donors (Lipinski definition) is 1. The molecule has 2 N–H and O–H groups in total. The van der Waals surface area contributed by atoms with E-state index < -0.39 is 0 Å². The molecular formula is C16H20N2. The minimum absolute atomic E-state index is 0.565. The van der Waals surface area contributed by atoms with Gasteiger partial charge < -0.3 is 5.73 Å². The van der Waals surface area contributed by atoms with Crippen molar-refractivity contribution >= 4 is 5.82 Å². The third-order valence-electron chi connectivity index (χ3n) is 3.14. The Morgan fingerprint density at radius 2 is 1.67 bits per heavy atom. The van der Waals surface area contributed by atoms with Crippen LogP contribution in [0.3, 0.4) is 0 Å². The third kappa shape index (κ3) is 3.33. The van der Waals surface area contributed by atoms with Crippen LogP contribution in [0, 0.1) is 0 Å². The molecule has 0 saturated heterocycles. The van der Waals surface area contributed by atoms with Crippen molar-refractivity contribution in [2.45, 2.75) is 32.6 Å². The largest absolute Gasteiger partial charge is 0.384 e. The van der Waals surface area contributed by atoms with E-state index >= 15 is 0 Å². The number of rotatable bonds is 5. The number of hydrogen-bond acceptors (Lipinski definition) is 2. The number of pyridine rings is 1. The highest BCUT2D eigenvalue weighted by Crippen LogP contribution is 2.20. The van der Waals surface area contributed by atoms with E-state index in [4.69, 9.17) is 5.73 Å². The van der Waals surface area contributed by atoms with Crippen LogP contribution < -0.4 is 5.73 Å². The summed E-state index contributed by atoms with van der Waals surface area (Å²) in [6.07, 6.45) is 6.85. The van der Waals surface area contributed by atoms with Crippen LogP contribution in [-0.2, 0) is 6.42 Å². The van der Waals surface area contributed by atoms with Gasteiger partial charge in [-0.15, -0.1) is 0 Å². The summed E-state index contributed by atoms with van der Waals surface area (Å²) in [7, 11) is 0.